The van der Waals surface area contributed by atoms with Gasteiger partial charge in [0.2, 0.25) is 0 Å². The summed E-state index contributed by atoms with van der Waals surface area (Å²) < 4.78 is 0. The zero-order valence-electron chi connectivity index (χ0n) is 12.0. The average molecular weight is 238 g/mol. The molecule has 0 aliphatic carbocycles. The SMILES string of the molecule is Cc1ccc(-c2ccccc2)c(C)c1C(C)(C)C. The molecule has 18 heavy (non-hydrogen) atoms. The van der Waals surface area contributed by atoms with Crippen molar-refractivity contribution in [3.63, 3.8) is 0 Å². The minimum absolute atomic E-state index is 0.193. The van der Waals surface area contributed by atoms with Gasteiger partial charge >= 0.3 is 0 Å². The van der Waals surface area contributed by atoms with Crippen LogP contribution in [0.5, 0.6) is 0 Å². The number of hydrogen-bond acceptors (Lipinski definition) is 0. The van der Waals surface area contributed by atoms with Crippen LogP contribution in [0, 0.1) is 13.8 Å². The molecular formula is C18H22. The Hall–Kier alpha value is -1.56. The van der Waals surface area contributed by atoms with E-state index in [1.807, 2.05) is 0 Å². The molecule has 2 aromatic rings. The van der Waals surface area contributed by atoms with E-state index in [2.05, 4.69) is 77.1 Å². The van der Waals surface area contributed by atoms with Gasteiger partial charge in [0.15, 0.2) is 0 Å². The van der Waals surface area contributed by atoms with Gasteiger partial charge in [0.05, 0.1) is 0 Å². The lowest BCUT2D eigenvalue weighted by Crippen LogP contribution is -2.15. The summed E-state index contributed by atoms with van der Waals surface area (Å²) in [6.07, 6.45) is 0. The summed E-state index contributed by atoms with van der Waals surface area (Å²) in [5.74, 6) is 0. The third kappa shape index (κ3) is 2.33. The molecular weight excluding hydrogens is 216 g/mol. The van der Waals surface area contributed by atoms with Gasteiger partial charge in [0.25, 0.3) is 0 Å². The van der Waals surface area contributed by atoms with Gasteiger partial charge in [-0.05, 0) is 47.1 Å². The second kappa shape index (κ2) is 4.61. The molecule has 0 radical (unpaired) electrons. The Morgan fingerprint density at radius 2 is 1.39 bits per heavy atom. The van der Waals surface area contributed by atoms with Gasteiger partial charge < -0.3 is 0 Å². The highest BCUT2D eigenvalue weighted by molar-refractivity contribution is 5.70. The zero-order valence-corrected chi connectivity index (χ0v) is 12.0. The topological polar surface area (TPSA) is 0 Å². The lowest BCUT2D eigenvalue weighted by Gasteiger charge is -2.26. The molecule has 0 heterocycles. The van der Waals surface area contributed by atoms with Crippen LogP contribution in [0.2, 0.25) is 0 Å². The van der Waals surface area contributed by atoms with Crippen LogP contribution in [0.25, 0.3) is 11.1 Å². The molecule has 0 saturated carbocycles. The summed E-state index contributed by atoms with van der Waals surface area (Å²) in [5, 5.41) is 0. The lowest BCUT2D eigenvalue weighted by atomic mass is 9.79. The van der Waals surface area contributed by atoms with Crippen molar-refractivity contribution in [3.8, 4) is 11.1 Å². The third-order valence-corrected chi connectivity index (χ3v) is 3.51. The minimum Gasteiger partial charge on any atom is -0.0622 e. The molecule has 0 bridgehead atoms. The van der Waals surface area contributed by atoms with E-state index < -0.39 is 0 Å². The predicted molar refractivity (Wildman–Crippen MR) is 80.1 cm³/mol. The van der Waals surface area contributed by atoms with E-state index in [0.717, 1.165) is 0 Å². The van der Waals surface area contributed by atoms with Crippen molar-refractivity contribution >= 4 is 0 Å². The van der Waals surface area contributed by atoms with Gasteiger partial charge in [0.1, 0.15) is 0 Å². The van der Waals surface area contributed by atoms with Gasteiger partial charge in [-0.2, -0.15) is 0 Å². The summed E-state index contributed by atoms with van der Waals surface area (Å²) in [6.45, 7) is 11.3. The fourth-order valence-electron chi connectivity index (χ4n) is 2.93. The van der Waals surface area contributed by atoms with Gasteiger partial charge in [-0.1, -0.05) is 63.2 Å². The molecule has 0 nitrogen and oxygen atoms in total. The summed E-state index contributed by atoms with van der Waals surface area (Å²) in [5.41, 5.74) is 7.13. The molecule has 2 aromatic carbocycles. The van der Waals surface area contributed by atoms with E-state index in [9.17, 15) is 0 Å². The van der Waals surface area contributed by atoms with E-state index in [0.29, 0.717) is 0 Å². The summed E-state index contributed by atoms with van der Waals surface area (Å²) in [4.78, 5) is 0. The highest BCUT2D eigenvalue weighted by Crippen LogP contribution is 2.34. The second-order valence-corrected chi connectivity index (χ2v) is 6.05. The van der Waals surface area contributed by atoms with Crippen LogP contribution in [0.4, 0.5) is 0 Å². The van der Waals surface area contributed by atoms with Crippen molar-refractivity contribution in [2.75, 3.05) is 0 Å². The maximum atomic E-state index is 2.29. The molecule has 0 fully saturated rings. The maximum Gasteiger partial charge on any atom is -0.0126 e. The van der Waals surface area contributed by atoms with E-state index >= 15 is 0 Å². The lowest BCUT2D eigenvalue weighted by molar-refractivity contribution is 0.582. The van der Waals surface area contributed by atoms with Gasteiger partial charge in [-0.15, -0.1) is 0 Å². The fraction of sp³-hybridized carbons (Fsp3) is 0.333. The largest absolute Gasteiger partial charge is 0.0622 e. The van der Waals surface area contributed by atoms with Crippen LogP contribution >= 0.6 is 0 Å². The molecule has 0 aromatic heterocycles. The molecule has 0 aliphatic heterocycles. The molecule has 0 atom stereocenters. The van der Waals surface area contributed by atoms with Crippen molar-refractivity contribution in [1.82, 2.24) is 0 Å². The first-order valence-corrected chi connectivity index (χ1v) is 6.57. The summed E-state index contributed by atoms with van der Waals surface area (Å²) in [7, 11) is 0. The molecule has 2 rings (SSSR count). The van der Waals surface area contributed by atoms with Crippen LogP contribution in [0.15, 0.2) is 42.5 Å². The van der Waals surface area contributed by atoms with Crippen molar-refractivity contribution in [2.24, 2.45) is 0 Å². The Labute approximate surface area is 111 Å². The van der Waals surface area contributed by atoms with Crippen LogP contribution < -0.4 is 0 Å². The predicted octanol–water partition coefficient (Wildman–Crippen LogP) is 5.27. The number of rotatable bonds is 1. The molecule has 0 unspecified atom stereocenters. The highest BCUT2D eigenvalue weighted by Gasteiger charge is 2.20. The van der Waals surface area contributed by atoms with E-state index in [1.165, 1.54) is 27.8 Å². The number of benzene rings is 2. The van der Waals surface area contributed by atoms with Crippen LogP contribution in [-0.4, -0.2) is 0 Å². The Morgan fingerprint density at radius 1 is 0.778 bits per heavy atom. The molecule has 0 heteroatoms. The average Bonchev–Trinajstić information content (AvgIpc) is 2.28. The highest BCUT2D eigenvalue weighted by atomic mass is 14.2. The standard InChI is InChI=1S/C18H22/c1-13-11-12-16(15-9-7-6-8-10-15)14(2)17(13)18(3,4)5/h6-12H,1-5H3. The molecule has 0 N–H and O–H groups in total. The Bertz CT molecular complexity index is 542. The quantitative estimate of drug-likeness (QED) is 0.635. The fourth-order valence-corrected chi connectivity index (χ4v) is 2.93. The van der Waals surface area contributed by atoms with Crippen molar-refractivity contribution in [3.05, 3.63) is 59.2 Å². The second-order valence-electron chi connectivity index (χ2n) is 6.05. The van der Waals surface area contributed by atoms with Crippen molar-refractivity contribution < 1.29 is 0 Å². The van der Waals surface area contributed by atoms with Gasteiger partial charge in [0, 0.05) is 0 Å². The normalized spacial score (nSPS) is 11.6. The Morgan fingerprint density at radius 3 is 1.94 bits per heavy atom. The van der Waals surface area contributed by atoms with Crippen molar-refractivity contribution in [2.45, 2.75) is 40.0 Å². The first-order valence-electron chi connectivity index (χ1n) is 6.57. The zero-order chi connectivity index (χ0) is 13.3. The Kier molecular flexibility index (Phi) is 3.30. The first kappa shape index (κ1) is 12.9. The smallest absolute Gasteiger partial charge is 0.0126 e. The first-order chi connectivity index (χ1) is 8.41. The maximum absolute atomic E-state index is 2.29. The van der Waals surface area contributed by atoms with Gasteiger partial charge in [-0.3, -0.25) is 0 Å². The minimum atomic E-state index is 0.193. The van der Waals surface area contributed by atoms with Crippen molar-refractivity contribution in [1.29, 1.82) is 0 Å². The summed E-state index contributed by atoms with van der Waals surface area (Å²) in [6, 6.07) is 15.1. The summed E-state index contributed by atoms with van der Waals surface area (Å²) >= 11 is 0. The van der Waals surface area contributed by atoms with E-state index in [-0.39, 0.29) is 5.41 Å². The van der Waals surface area contributed by atoms with E-state index in [4.69, 9.17) is 0 Å². The number of hydrogen-bond donors (Lipinski definition) is 0. The molecule has 0 amide bonds. The molecule has 0 saturated heterocycles. The van der Waals surface area contributed by atoms with E-state index in [1.54, 1.807) is 0 Å². The van der Waals surface area contributed by atoms with Crippen LogP contribution in [-0.2, 0) is 5.41 Å². The molecule has 0 spiro atoms. The van der Waals surface area contributed by atoms with Crippen LogP contribution in [0.3, 0.4) is 0 Å². The van der Waals surface area contributed by atoms with Gasteiger partial charge in [-0.25, -0.2) is 0 Å². The van der Waals surface area contributed by atoms with Crippen LogP contribution in [0.1, 0.15) is 37.5 Å². The Balaban J connectivity index is 2.66. The molecule has 0 aliphatic rings. The molecule has 94 valence electrons. The monoisotopic (exact) mass is 238 g/mol. The third-order valence-electron chi connectivity index (χ3n) is 3.51. The number of aryl methyl sites for hydroxylation is 1.